The Bertz CT molecular complexity index is 734. The van der Waals surface area contributed by atoms with E-state index in [-0.39, 0.29) is 0 Å². The van der Waals surface area contributed by atoms with E-state index < -0.39 is 0 Å². The summed E-state index contributed by atoms with van der Waals surface area (Å²) < 4.78 is 0. The summed E-state index contributed by atoms with van der Waals surface area (Å²) in [7, 11) is 0. The molecule has 0 aliphatic heterocycles. The van der Waals surface area contributed by atoms with Crippen LogP contribution in [0.5, 0.6) is 5.75 Å². The van der Waals surface area contributed by atoms with E-state index in [0.29, 0.717) is 11.7 Å². The first-order valence-corrected chi connectivity index (χ1v) is 8.68. The van der Waals surface area contributed by atoms with Gasteiger partial charge in [0.25, 0.3) is 0 Å². The van der Waals surface area contributed by atoms with Crippen molar-refractivity contribution in [3.05, 3.63) is 102 Å². The van der Waals surface area contributed by atoms with Crippen LogP contribution in [0.1, 0.15) is 35.4 Å². The average Bonchev–Trinajstić information content (AvgIpc) is 2.65. The molecule has 3 rings (SSSR count). The van der Waals surface area contributed by atoms with Gasteiger partial charge in [0.15, 0.2) is 0 Å². The fraction of sp³-hybridized carbons (Fsp3) is 0.217. The van der Waals surface area contributed by atoms with Crippen LogP contribution in [0.4, 0.5) is 0 Å². The number of para-hydroxylation sites is 1. The normalized spacial score (nSPS) is 12.0. The van der Waals surface area contributed by atoms with Crippen LogP contribution in [0.15, 0.2) is 84.9 Å². The van der Waals surface area contributed by atoms with Gasteiger partial charge in [-0.2, -0.15) is 0 Å². The highest BCUT2D eigenvalue weighted by atomic mass is 16.3. The number of hydrogen-bond donors (Lipinski definition) is 1. The number of aryl methyl sites for hydroxylation is 2. The second-order valence-corrected chi connectivity index (χ2v) is 6.30. The van der Waals surface area contributed by atoms with Gasteiger partial charge in [0, 0.05) is 0 Å². The molecule has 1 unspecified atom stereocenters. The summed E-state index contributed by atoms with van der Waals surface area (Å²) in [5, 5.41) is 10.0. The Balaban J connectivity index is 1.69. The largest absolute Gasteiger partial charge is 0.508 e. The first-order chi connectivity index (χ1) is 11.8. The molecule has 0 aliphatic carbocycles. The fourth-order valence-corrected chi connectivity index (χ4v) is 3.24. The van der Waals surface area contributed by atoms with E-state index >= 15 is 0 Å². The molecule has 0 aromatic heterocycles. The van der Waals surface area contributed by atoms with Crippen molar-refractivity contribution in [1.82, 2.24) is 0 Å². The van der Waals surface area contributed by atoms with E-state index in [9.17, 15) is 5.11 Å². The summed E-state index contributed by atoms with van der Waals surface area (Å²) in [5.41, 5.74) is 3.82. The second-order valence-electron chi connectivity index (χ2n) is 6.30. The molecule has 1 nitrogen and oxygen atoms in total. The van der Waals surface area contributed by atoms with Crippen LogP contribution in [0.25, 0.3) is 0 Å². The maximum Gasteiger partial charge on any atom is 0.118 e. The third-order valence-corrected chi connectivity index (χ3v) is 4.65. The minimum Gasteiger partial charge on any atom is -0.508 e. The van der Waals surface area contributed by atoms with Gasteiger partial charge in [0.1, 0.15) is 5.75 Å². The van der Waals surface area contributed by atoms with Crippen LogP contribution in [0, 0.1) is 0 Å². The van der Waals surface area contributed by atoms with Crippen LogP contribution in [0.2, 0.25) is 0 Å². The van der Waals surface area contributed by atoms with E-state index in [1.165, 1.54) is 11.1 Å². The summed E-state index contributed by atoms with van der Waals surface area (Å²) in [4.78, 5) is 0. The van der Waals surface area contributed by atoms with Gasteiger partial charge >= 0.3 is 0 Å². The zero-order valence-corrected chi connectivity index (χ0v) is 13.9. The highest BCUT2D eigenvalue weighted by molar-refractivity contribution is 5.32. The van der Waals surface area contributed by atoms with E-state index in [1.54, 1.807) is 6.07 Å². The van der Waals surface area contributed by atoms with Crippen molar-refractivity contribution in [2.75, 3.05) is 0 Å². The standard InChI is InChI=1S/C23H24O/c24-23-14-8-7-13-22(23)18-17-21(20-11-5-2-6-12-20)16-15-19-9-3-1-4-10-19/h1-14,21,24H,15-18H2. The summed E-state index contributed by atoms with van der Waals surface area (Å²) in [6.07, 6.45) is 4.16. The number of benzene rings is 3. The van der Waals surface area contributed by atoms with Crippen molar-refractivity contribution in [3.8, 4) is 5.75 Å². The maximum absolute atomic E-state index is 10.0. The summed E-state index contributed by atoms with van der Waals surface area (Å²) in [5.74, 6) is 0.915. The Morgan fingerprint density at radius 3 is 1.92 bits per heavy atom. The van der Waals surface area contributed by atoms with Crippen molar-refractivity contribution in [1.29, 1.82) is 0 Å². The smallest absolute Gasteiger partial charge is 0.118 e. The van der Waals surface area contributed by atoms with Crippen molar-refractivity contribution >= 4 is 0 Å². The minimum absolute atomic E-state index is 0.410. The lowest BCUT2D eigenvalue weighted by Gasteiger charge is -2.18. The highest BCUT2D eigenvalue weighted by Crippen LogP contribution is 2.28. The molecule has 0 saturated carbocycles. The average molecular weight is 316 g/mol. The van der Waals surface area contributed by atoms with Crippen LogP contribution in [0.3, 0.4) is 0 Å². The molecule has 0 spiro atoms. The lowest BCUT2D eigenvalue weighted by atomic mass is 9.87. The van der Waals surface area contributed by atoms with Gasteiger partial charge in [-0.3, -0.25) is 0 Å². The van der Waals surface area contributed by atoms with Gasteiger partial charge < -0.3 is 5.11 Å². The summed E-state index contributed by atoms with van der Waals surface area (Å²) in [6, 6.07) is 29.1. The molecule has 1 N–H and O–H groups in total. The second kappa shape index (κ2) is 8.35. The van der Waals surface area contributed by atoms with Gasteiger partial charge in [-0.25, -0.2) is 0 Å². The molecule has 0 aliphatic rings. The van der Waals surface area contributed by atoms with Gasteiger partial charge in [-0.05, 0) is 54.4 Å². The van der Waals surface area contributed by atoms with Crippen LogP contribution in [-0.4, -0.2) is 5.11 Å². The molecule has 0 heterocycles. The zero-order valence-electron chi connectivity index (χ0n) is 13.9. The predicted octanol–water partition coefficient (Wildman–Crippen LogP) is 5.74. The van der Waals surface area contributed by atoms with Gasteiger partial charge in [-0.15, -0.1) is 0 Å². The number of phenols is 1. The molecular weight excluding hydrogens is 292 g/mol. The first-order valence-electron chi connectivity index (χ1n) is 8.68. The molecule has 24 heavy (non-hydrogen) atoms. The Morgan fingerprint density at radius 1 is 0.625 bits per heavy atom. The lowest BCUT2D eigenvalue weighted by Crippen LogP contribution is -2.03. The molecule has 122 valence electrons. The topological polar surface area (TPSA) is 20.2 Å². The van der Waals surface area contributed by atoms with E-state index in [2.05, 4.69) is 60.7 Å². The lowest BCUT2D eigenvalue weighted by molar-refractivity contribution is 0.464. The molecular formula is C23H24O. The van der Waals surface area contributed by atoms with Crippen molar-refractivity contribution in [3.63, 3.8) is 0 Å². The van der Waals surface area contributed by atoms with Gasteiger partial charge in [-0.1, -0.05) is 78.9 Å². The summed E-state index contributed by atoms with van der Waals surface area (Å²) in [6.45, 7) is 0. The third-order valence-electron chi connectivity index (χ3n) is 4.65. The monoisotopic (exact) mass is 316 g/mol. The highest BCUT2D eigenvalue weighted by Gasteiger charge is 2.13. The number of phenolic OH excluding ortho intramolecular Hbond substituents is 1. The molecule has 3 aromatic carbocycles. The molecule has 1 heteroatoms. The Labute approximate surface area is 144 Å². The van der Waals surface area contributed by atoms with Crippen LogP contribution < -0.4 is 0 Å². The third kappa shape index (κ3) is 4.48. The first kappa shape index (κ1) is 16.3. The van der Waals surface area contributed by atoms with E-state index in [0.717, 1.165) is 31.2 Å². The van der Waals surface area contributed by atoms with Crippen molar-refractivity contribution in [2.24, 2.45) is 0 Å². The van der Waals surface area contributed by atoms with Crippen LogP contribution in [-0.2, 0) is 12.8 Å². The Hall–Kier alpha value is -2.54. The van der Waals surface area contributed by atoms with Crippen molar-refractivity contribution < 1.29 is 5.11 Å². The quantitative estimate of drug-likeness (QED) is 0.589. The molecule has 1 atom stereocenters. The van der Waals surface area contributed by atoms with E-state index in [4.69, 9.17) is 0 Å². The minimum atomic E-state index is 0.410. The summed E-state index contributed by atoms with van der Waals surface area (Å²) >= 11 is 0. The molecule has 0 amide bonds. The van der Waals surface area contributed by atoms with Crippen LogP contribution >= 0.6 is 0 Å². The molecule has 3 aromatic rings. The van der Waals surface area contributed by atoms with Gasteiger partial charge in [0.05, 0.1) is 0 Å². The number of aromatic hydroxyl groups is 1. The molecule has 0 bridgehead atoms. The molecule has 0 fully saturated rings. The SMILES string of the molecule is Oc1ccccc1CCC(CCc1ccccc1)c1ccccc1. The van der Waals surface area contributed by atoms with Gasteiger partial charge in [0.2, 0.25) is 0 Å². The zero-order chi connectivity index (χ0) is 16.6. The maximum atomic E-state index is 10.0. The number of rotatable bonds is 7. The molecule has 0 radical (unpaired) electrons. The Kier molecular flexibility index (Phi) is 5.68. The fourth-order valence-electron chi connectivity index (χ4n) is 3.24. The predicted molar refractivity (Wildman–Crippen MR) is 100 cm³/mol. The number of hydrogen-bond acceptors (Lipinski definition) is 1. The van der Waals surface area contributed by atoms with E-state index in [1.807, 2.05) is 18.2 Å². The molecule has 0 saturated heterocycles. The van der Waals surface area contributed by atoms with Crippen molar-refractivity contribution in [2.45, 2.75) is 31.6 Å². The Morgan fingerprint density at radius 2 is 1.21 bits per heavy atom.